The van der Waals surface area contributed by atoms with E-state index >= 15 is 0 Å². The fraction of sp³-hybridized carbons (Fsp3) is 0.600. The van der Waals surface area contributed by atoms with Crippen LogP contribution in [-0.2, 0) is 17.6 Å². The van der Waals surface area contributed by atoms with Crippen molar-refractivity contribution in [1.29, 1.82) is 0 Å². The first-order chi connectivity index (χ1) is 8.26. The Kier molecular flexibility index (Phi) is 4.19. The minimum Gasteiger partial charge on any atom is -0.388 e. The molecule has 1 saturated heterocycles. The smallest absolute Gasteiger partial charge is 0.0841 e. The van der Waals surface area contributed by atoms with Crippen LogP contribution in [0.15, 0.2) is 18.2 Å². The summed E-state index contributed by atoms with van der Waals surface area (Å²) in [7, 11) is 0. The van der Waals surface area contributed by atoms with E-state index in [0.717, 1.165) is 31.4 Å². The Morgan fingerprint density at radius 2 is 2.06 bits per heavy atom. The second-order valence-electron chi connectivity index (χ2n) is 4.80. The van der Waals surface area contributed by atoms with Gasteiger partial charge in [0.05, 0.1) is 12.7 Å². The van der Waals surface area contributed by atoms with Crippen LogP contribution in [0.1, 0.15) is 43.1 Å². The van der Waals surface area contributed by atoms with Gasteiger partial charge in [-0.15, -0.1) is 0 Å². The molecule has 0 aromatic heterocycles. The number of aliphatic hydroxyl groups excluding tert-OH is 1. The van der Waals surface area contributed by atoms with Crippen LogP contribution >= 0.6 is 0 Å². The van der Waals surface area contributed by atoms with Crippen LogP contribution in [0.3, 0.4) is 0 Å². The molecule has 2 heteroatoms. The number of aliphatic hydroxyl groups is 1. The average Bonchev–Trinajstić information content (AvgIpc) is 2.90. The maximum Gasteiger partial charge on any atom is 0.0841 e. The van der Waals surface area contributed by atoms with E-state index < -0.39 is 0 Å². The molecule has 1 N–H and O–H groups in total. The third-order valence-corrected chi connectivity index (χ3v) is 3.75. The highest BCUT2D eigenvalue weighted by Gasteiger charge is 2.25. The lowest BCUT2D eigenvalue weighted by Crippen LogP contribution is -2.13. The van der Waals surface area contributed by atoms with Crippen molar-refractivity contribution >= 4 is 0 Å². The molecule has 1 aliphatic heterocycles. The molecule has 1 aromatic rings. The molecule has 94 valence electrons. The van der Waals surface area contributed by atoms with Gasteiger partial charge in [0.1, 0.15) is 0 Å². The van der Waals surface area contributed by atoms with Gasteiger partial charge in [-0.3, -0.25) is 0 Å². The number of hydrogen-bond donors (Lipinski definition) is 1. The van der Waals surface area contributed by atoms with E-state index in [-0.39, 0.29) is 12.0 Å². The average molecular weight is 234 g/mol. The molecule has 1 heterocycles. The maximum atomic E-state index is 10.3. The van der Waals surface area contributed by atoms with Gasteiger partial charge in [-0.25, -0.2) is 0 Å². The van der Waals surface area contributed by atoms with Gasteiger partial charge in [0.2, 0.25) is 0 Å². The van der Waals surface area contributed by atoms with E-state index in [2.05, 4.69) is 32.0 Å². The Hall–Kier alpha value is -0.860. The highest BCUT2D eigenvalue weighted by Crippen LogP contribution is 2.29. The van der Waals surface area contributed by atoms with Crippen LogP contribution in [0.4, 0.5) is 0 Å². The number of ether oxygens (including phenoxy) is 1. The van der Waals surface area contributed by atoms with Crippen molar-refractivity contribution in [1.82, 2.24) is 0 Å². The Morgan fingerprint density at radius 3 is 2.65 bits per heavy atom. The van der Waals surface area contributed by atoms with Crippen molar-refractivity contribution in [3.8, 4) is 0 Å². The van der Waals surface area contributed by atoms with Crippen LogP contribution < -0.4 is 0 Å². The monoisotopic (exact) mass is 234 g/mol. The van der Waals surface area contributed by atoms with Crippen molar-refractivity contribution in [2.75, 3.05) is 13.2 Å². The topological polar surface area (TPSA) is 29.5 Å². The molecule has 0 spiro atoms. The first kappa shape index (κ1) is 12.6. The van der Waals surface area contributed by atoms with E-state index in [9.17, 15) is 5.11 Å². The SMILES string of the molecule is CCc1ccc(C(O)C2CCOC2)cc1CC. The molecule has 0 amide bonds. The van der Waals surface area contributed by atoms with E-state index in [1.54, 1.807) is 0 Å². The number of rotatable bonds is 4. The lowest BCUT2D eigenvalue weighted by atomic mass is 9.91. The fourth-order valence-corrected chi connectivity index (χ4v) is 2.58. The van der Waals surface area contributed by atoms with E-state index in [0.29, 0.717) is 6.61 Å². The molecular formula is C15H22O2. The molecule has 0 saturated carbocycles. The fourth-order valence-electron chi connectivity index (χ4n) is 2.58. The van der Waals surface area contributed by atoms with Crippen LogP contribution in [0.5, 0.6) is 0 Å². The molecule has 1 aromatic carbocycles. The van der Waals surface area contributed by atoms with Crippen LogP contribution in [0.25, 0.3) is 0 Å². The molecule has 1 fully saturated rings. The van der Waals surface area contributed by atoms with Gasteiger partial charge in [-0.2, -0.15) is 0 Å². The van der Waals surface area contributed by atoms with Gasteiger partial charge in [-0.05, 0) is 36.0 Å². The molecule has 1 aliphatic rings. The van der Waals surface area contributed by atoms with E-state index in [4.69, 9.17) is 4.74 Å². The summed E-state index contributed by atoms with van der Waals surface area (Å²) >= 11 is 0. The Morgan fingerprint density at radius 1 is 1.29 bits per heavy atom. The molecular weight excluding hydrogens is 212 g/mol. The Labute approximate surface area is 104 Å². The van der Waals surface area contributed by atoms with Crippen LogP contribution in [0.2, 0.25) is 0 Å². The zero-order chi connectivity index (χ0) is 12.3. The third kappa shape index (κ3) is 2.70. The summed E-state index contributed by atoms with van der Waals surface area (Å²) in [6.45, 7) is 5.83. The van der Waals surface area contributed by atoms with Crippen molar-refractivity contribution in [3.05, 3.63) is 34.9 Å². The van der Waals surface area contributed by atoms with Gasteiger partial charge in [0, 0.05) is 12.5 Å². The van der Waals surface area contributed by atoms with Crippen molar-refractivity contribution in [2.45, 2.75) is 39.2 Å². The molecule has 17 heavy (non-hydrogen) atoms. The van der Waals surface area contributed by atoms with Crippen molar-refractivity contribution in [2.24, 2.45) is 5.92 Å². The predicted octanol–water partition coefficient (Wildman–Crippen LogP) is 2.88. The third-order valence-electron chi connectivity index (χ3n) is 3.75. The predicted molar refractivity (Wildman–Crippen MR) is 69.1 cm³/mol. The normalized spacial score (nSPS) is 21.7. The van der Waals surface area contributed by atoms with Gasteiger partial charge in [0.25, 0.3) is 0 Å². The first-order valence-electron chi connectivity index (χ1n) is 6.63. The summed E-state index contributed by atoms with van der Waals surface area (Å²) in [5, 5.41) is 10.3. The standard InChI is InChI=1S/C15H22O2/c1-3-11-5-6-13(9-12(11)4-2)15(16)14-7-8-17-10-14/h5-6,9,14-16H,3-4,7-8,10H2,1-2H3. The molecule has 0 radical (unpaired) electrons. The summed E-state index contributed by atoms with van der Waals surface area (Å²) < 4.78 is 5.34. The molecule has 2 unspecified atom stereocenters. The van der Waals surface area contributed by atoms with Crippen molar-refractivity contribution < 1.29 is 9.84 Å². The molecule has 2 nitrogen and oxygen atoms in total. The van der Waals surface area contributed by atoms with Gasteiger partial charge >= 0.3 is 0 Å². The summed E-state index contributed by atoms with van der Waals surface area (Å²) in [6.07, 6.45) is 2.70. The molecule has 0 aliphatic carbocycles. The number of benzene rings is 1. The second kappa shape index (κ2) is 5.65. The van der Waals surface area contributed by atoms with Crippen molar-refractivity contribution in [3.63, 3.8) is 0 Å². The van der Waals surface area contributed by atoms with Gasteiger partial charge in [0.15, 0.2) is 0 Å². The molecule has 2 rings (SSSR count). The van der Waals surface area contributed by atoms with Crippen LogP contribution in [-0.4, -0.2) is 18.3 Å². The second-order valence-corrected chi connectivity index (χ2v) is 4.80. The minimum atomic E-state index is -0.367. The first-order valence-corrected chi connectivity index (χ1v) is 6.63. The molecule has 0 bridgehead atoms. The quantitative estimate of drug-likeness (QED) is 0.868. The number of aryl methyl sites for hydroxylation is 2. The molecule has 2 atom stereocenters. The van der Waals surface area contributed by atoms with Gasteiger partial charge < -0.3 is 9.84 Å². The number of hydrogen-bond acceptors (Lipinski definition) is 2. The summed E-state index contributed by atoms with van der Waals surface area (Å²) in [5.41, 5.74) is 3.81. The largest absolute Gasteiger partial charge is 0.388 e. The summed E-state index contributed by atoms with van der Waals surface area (Å²) in [4.78, 5) is 0. The zero-order valence-corrected chi connectivity index (χ0v) is 10.8. The Bertz CT molecular complexity index is 367. The van der Waals surface area contributed by atoms with Crippen LogP contribution in [0, 0.1) is 5.92 Å². The maximum absolute atomic E-state index is 10.3. The van der Waals surface area contributed by atoms with E-state index in [1.165, 1.54) is 11.1 Å². The van der Waals surface area contributed by atoms with E-state index in [1.807, 2.05) is 0 Å². The highest BCUT2D eigenvalue weighted by molar-refractivity contribution is 5.33. The summed E-state index contributed by atoms with van der Waals surface area (Å²) in [6, 6.07) is 6.40. The lowest BCUT2D eigenvalue weighted by molar-refractivity contribution is 0.0917. The van der Waals surface area contributed by atoms with Gasteiger partial charge in [-0.1, -0.05) is 32.0 Å². The Balaban J connectivity index is 2.20. The minimum absolute atomic E-state index is 0.271. The lowest BCUT2D eigenvalue weighted by Gasteiger charge is -2.18. The highest BCUT2D eigenvalue weighted by atomic mass is 16.5. The zero-order valence-electron chi connectivity index (χ0n) is 10.8. The summed E-state index contributed by atoms with van der Waals surface area (Å²) in [5.74, 6) is 0.271.